The van der Waals surface area contributed by atoms with E-state index >= 15 is 0 Å². The predicted molar refractivity (Wildman–Crippen MR) is 46.9 cm³/mol. The fraction of sp³-hybridized carbons (Fsp3) is 1.00. The highest BCUT2D eigenvalue weighted by atomic mass is 16.7. The predicted octanol–water partition coefficient (Wildman–Crippen LogP) is 2.33. The van der Waals surface area contributed by atoms with Gasteiger partial charge in [-0.3, -0.25) is 0 Å². The normalized spacial score (nSPS) is 35.0. The van der Waals surface area contributed by atoms with Gasteiger partial charge < -0.3 is 9.47 Å². The van der Waals surface area contributed by atoms with Gasteiger partial charge in [0.15, 0.2) is 5.79 Å². The van der Waals surface area contributed by atoms with Crippen LogP contribution in [-0.2, 0) is 9.47 Å². The van der Waals surface area contributed by atoms with E-state index in [-0.39, 0.29) is 5.79 Å². The van der Waals surface area contributed by atoms with Gasteiger partial charge in [0, 0.05) is 12.8 Å². The Hall–Kier alpha value is -0.0800. The average molecular weight is 170 g/mol. The van der Waals surface area contributed by atoms with Gasteiger partial charge in [0.05, 0.1) is 12.7 Å². The van der Waals surface area contributed by atoms with Gasteiger partial charge >= 0.3 is 0 Å². The van der Waals surface area contributed by atoms with Crippen LogP contribution in [0.15, 0.2) is 0 Å². The molecule has 1 saturated heterocycles. The quantitative estimate of drug-likeness (QED) is 0.633. The van der Waals surface area contributed by atoms with E-state index in [1.54, 1.807) is 0 Å². The molecule has 0 aromatic carbocycles. The van der Waals surface area contributed by atoms with E-state index < -0.39 is 0 Å². The highest BCUT2D eigenvalue weighted by molar-refractivity contribution is 4.87. The van der Waals surface area contributed by atoms with Crippen LogP contribution in [0.1, 0.15) is 39.5 Å². The van der Waals surface area contributed by atoms with Crippen LogP contribution in [-0.4, -0.2) is 18.5 Å². The van der Waals surface area contributed by atoms with Crippen LogP contribution in [0, 0.1) is 5.92 Å². The summed E-state index contributed by atoms with van der Waals surface area (Å²) in [5, 5.41) is 0. The second kappa shape index (κ2) is 3.00. The minimum atomic E-state index is -0.131. The van der Waals surface area contributed by atoms with Crippen molar-refractivity contribution >= 4 is 0 Å². The molecule has 0 radical (unpaired) electrons. The molecule has 1 saturated carbocycles. The van der Waals surface area contributed by atoms with Gasteiger partial charge in [-0.1, -0.05) is 20.3 Å². The first kappa shape index (κ1) is 8.52. The first-order valence-corrected chi connectivity index (χ1v) is 5.07. The first-order chi connectivity index (χ1) is 5.76. The van der Waals surface area contributed by atoms with Crippen molar-refractivity contribution in [3.8, 4) is 0 Å². The van der Waals surface area contributed by atoms with Crippen LogP contribution < -0.4 is 0 Å². The van der Waals surface area contributed by atoms with E-state index in [9.17, 15) is 0 Å². The molecule has 1 spiro atoms. The second-order valence-electron chi connectivity index (χ2n) is 4.12. The maximum atomic E-state index is 5.92. The monoisotopic (exact) mass is 170 g/mol. The highest BCUT2D eigenvalue weighted by Gasteiger charge is 2.47. The zero-order valence-electron chi connectivity index (χ0n) is 8.01. The summed E-state index contributed by atoms with van der Waals surface area (Å²) in [4.78, 5) is 0. The lowest BCUT2D eigenvalue weighted by Crippen LogP contribution is -2.39. The van der Waals surface area contributed by atoms with E-state index in [1.807, 2.05) is 0 Å². The minimum Gasteiger partial charge on any atom is -0.347 e. The lowest BCUT2D eigenvalue weighted by atomic mass is 9.91. The molecule has 2 atom stereocenters. The second-order valence-corrected chi connectivity index (χ2v) is 4.12. The van der Waals surface area contributed by atoms with Crippen LogP contribution in [0.3, 0.4) is 0 Å². The van der Waals surface area contributed by atoms with Crippen molar-refractivity contribution in [1.82, 2.24) is 0 Å². The van der Waals surface area contributed by atoms with Crippen molar-refractivity contribution in [3.05, 3.63) is 0 Å². The molecule has 0 aromatic heterocycles. The van der Waals surface area contributed by atoms with E-state index in [0.29, 0.717) is 12.0 Å². The summed E-state index contributed by atoms with van der Waals surface area (Å²) in [6.45, 7) is 5.26. The summed E-state index contributed by atoms with van der Waals surface area (Å²) in [5.41, 5.74) is 0. The van der Waals surface area contributed by atoms with Crippen LogP contribution in [0.25, 0.3) is 0 Å². The van der Waals surface area contributed by atoms with Crippen molar-refractivity contribution < 1.29 is 9.47 Å². The fourth-order valence-corrected chi connectivity index (χ4v) is 1.85. The lowest BCUT2D eigenvalue weighted by Gasteiger charge is -2.36. The molecule has 2 aliphatic rings. The molecule has 0 amide bonds. The van der Waals surface area contributed by atoms with E-state index in [4.69, 9.17) is 9.47 Å². The Kier molecular flexibility index (Phi) is 2.13. The molecular weight excluding hydrogens is 152 g/mol. The molecule has 1 unspecified atom stereocenters. The maximum Gasteiger partial charge on any atom is 0.168 e. The van der Waals surface area contributed by atoms with E-state index in [1.165, 1.54) is 12.8 Å². The van der Waals surface area contributed by atoms with Crippen molar-refractivity contribution in [3.63, 3.8) is 0 Å². The molecule has 0 bridgehead atoms. The Balaban J connectivity index is 1.89. The van der Waals surface area contributed by atoms with Gasteiger partial charge in [0.1, 0.15) is 0 Å². The van der Waals surface area contributed by atoms with Crippen molar-refractivity contribution in [2.75, 3.05) is 6.61 Å². The van der Waals surface area contributed by atoms with Gasteiger partial charge in [-0.05, 0) is 12.3 Å². The van der Waals surface area contributed by atoms with Gasteiger partial charge in [-0.15, -0.1) is 0 Å². The van der Waals surface area contributed by atoms with Gasteiger partial charge in [0.2, 0.25) is 0 Å². The molecule has 1 aliphatic carbocycles. The van der Waals surface area contributed by atoms with Crippen LogP contribution in [0.2, 0.25) is 0 Å². The molecule has 1 aliphatic heterocycles. The zero-order chi connectivity index (χ0) is 8.60. The van der Waals surface area contributed by atoms with Crippen molar-refractivity contribution in [2.45, 2.75) is 51.4 Å². The molecule has 12 heavy (non-hydrogen) atoms. The Morgan fingerprint density at radius 1 is 1.50 bits per heavy atom. The van der Waals surface area contributed by atoms with Crippen LogP contribution >= 0.6 is 0 Å². The molecule has 0 N–H and O–H groups in total. The van der Waals surface area contributed by atoms with Gasteiger partial charge in [0.25, 0.3) is 0 Å². The number of hydrogen-bond donors (Lipinski definition) is 0. The van der Waals surface area contributed by atoms with E-state index in [2.05, 4.69) is 13.8 Å². The van der Waals surface area contributed by atoms with Crippen LogP contribution in [0.4, 0.5) is 0 Å². The maximum absolute atomic E-state index is 5.92. The zero-order valence-corrected chi connectivity index (χ0v) is 8.01. The SMILES string of the molecule is CC[C@H](C)C1COC2(CCC2)O1. The summed E-state index contributed by atoms with van der Waals surface area (Å²) >= 11 is 0. The highest BCUT2D eigenvalue weighted by Crippen LogP contribution is 2.43. The number of rotatable bonds is 2. The molecule has 0 aromatic rings. The largest absolute Gasteiger partial charge is 0.347 e. The standard InChI is InChI=1S/C10H18O2/c1-3-8(2)9-7-11-10(12-9)5-4-6-10/h8-9H,3-7H2,1-2H3/t8-,9?/m0/s1. The summed E-state index contributed by atoms with van der Waals surface area (Å²) < 4.78 is 11.6. The van der Waals surface area contributed by atoms with Gasteiger partial charge in [-0.25, -0.2) is 0 Å². The minimum absolute atomic E-state index is 0.131. The molecule has 2 rings (SSSR count). The summed E-state index contributed by atoms with van der Waals surface area (Å²) in [5.74, 6) is 0.513. The Labute approximate surface area is 74.2 Å². The third-order valence-electron chi connectivity index (χ3n) is 3.27. The molecular formula is C10H18O2. The average Bonchev–Trinajstić information content (AvgIpc) is 2.46. The number of ether oxygens (including phenoxy) is 2. The topological polar surface area (TPSA) is 18.5 Å². The van der Waals surface area contributed by atoms with Crippen molar-refractivity contribution in [2.24, 2.45) is 5.92 Å². The Morgan fingerprint density at radius 3 is 2.67 bits per heavy atom. The third kappa shape index (κ3) is 1.27. The first-order valence-electron chi connectivity index (χ1n) is 5.07. The Morgan fingerprint density at radius 2 is 2.25 bits per heavy atom. The molecule has 2 fully saturated rings. The lowest BCUT2D eigenvalue weighted by molar-refractivity contribution is -0.219. The van der Waals surface area contributed by atoms with E-state index in [0.717, 1.165) is 19.4 Å². The Bertz CT molecular complexity index is 163. The van der Waals surface area contributed by atoms with Gasteiger partial charge in [-0.2, -0.15) is 0 Å². The molecule has 2 heteroatoms. The summed E-state index contributed by atoms with van der Waals surface area (Å²) in [6.07, 6.45) is 5.03. The molecule has 2 nitrogen and oxygen atoms in total. The molecule has 70 valence electrons. The summed E-state index contributed by atoms with van der Waals surface area (Å²) in [7, 11) is 0. The smallest absolute Gasteiger partial charge is 0.168 e. The fourth-order valence-electron chi connectivity index (χ4n) is 1.85. The third-order valence-corrected chi connectivity index (χ3v) is 3.27. The number of hydrogen-bond acceptors (Lipinski definition) is 2. The van der Waals surface area contributed by atoms with Crippen LogP contribution in [0.5, 0.6) is 0 Å². The summed E-state index contributed by atoms with van der Waals surface area (Å²) in [6, 6.07) is 0. The van der Waals surface area contributed by atoms with Crippen molar-refractivity contribution in [1.29, 1.82) is 0 Å². The molecule has 1 heterocycles.